The van der Waals surface area contributed by atoms with Gasteiger partial charge in [0.1, 0.15) is 0 Å². The second kappa shape index (κ2) is 4.93. The third-order valence-corrected chi connectivity index (χ3v) is 2.02. The Morgan fingerprint density at radius 1 is 1.23 bits per heavy atom. The van der Waals surface area contributed by atoms with E-state index in [4.69, 9.17) is 4.55 Å². The first kappa shape index (κ1) is 12.9. The van der Waals surface area contributed by atoms with Crippen molar-refractivity contribution in [2.75, 3.05) is 6.61 Å². The van der Waals surface area contributed by atoms with E-state index in [-0.39, 0.29) is 12.0 Å². The third kappa shape index (κ3) is 11.9. The van der Waals surface area contributed by atoms with E-state index >= 15 is 0 Å². The number of hydrogen-bond donors (Lipinski definition) is 1. The average Bonchev–Trinajstić information content (AvgIpc) is 1.81. The molecule has 0 unspecified atom stereocenters. The molecule has 0 amide bonds. The van der Waals surface area contributed by atoms with E-state index in [0.29, 0.717) is 6.42 Å². The molecule has 0 saturated carbocycles. The van der Waals surface area contributed by atoms with E-state index in [9.17, 15) is 8.42 Å². The lowest BCUT2D eigenvalue weighted by molar-refractivity contribution is 0.253. The molecule has 0 aliphatic rings. The molecule has 0 aliphatic heterocycles. The summed E-state index contributed by atoms with van der Waals surface area (Å²) in [6, 6.07) is 0. The van der Waals surface area contributed by atoms with Gasteiger partial charge in [-0.15, -0.1) is 0 Å². The van der Waals surface area contributed by atoms with Gasteiger partial charge in [-0.2, -0.15) is 8.42 Å². The minimum atomic E-state index is -4.24. The Labute approximate surface area is 80.2 Å². The number of hydrogen-bond acceptors (Lipinski definition) is 3. The Balaban J connectivity index is 3.39. The smallest absolute Gasteiger partial charge is 0.264 e. The molecule has 0 radical (unpaired) electrons. The lowest BCUT2D eigenvalue weighted by atomic mass is 9.90. The van der Waals surface area contributed by atoms with Crippen LogP contribution in [0.5, 0.6) is 0 Å². The minimum Gasteiger partial charge on any atom is -0.264 e. The zero-order valence-electron chi connectivity index (χ0n) is 8.41. The molecule has 5 heteroatoms. The molecular formula is C8H18O4S. The highest BCUT2D eigenvalue weighted by molar-refractivity contribution is 7.80. The molecule has 0 aromatic heterocycles. The van der Waals surface area contributed by atoms with Crippen LogP contribution in [-0.4, -0.2) is 19.6 Å². The fourth-order valence-electron chi connectivity index (χ4n) is 0.922. The molecule has 80 valence electrons. The van der Waals surface area contributed by atoms with E-state index in [1.165, 1.54) is 0 Å². The van der Waals surface area contributed by atoms with Crippen molar-refractivity contribution in [3.8, 4) is 0 Å². The molecule has 0 atom stereocenters. The summed E-state index contributed by atoms with van der Waals surface area (Å²) < 4.78 is 32.6. The molecule has 0 spiro atoms. The minimum absolute atomic E-state index is 0.0644. The molecular weight excluding hydrogens is 192 g/mol. The summed E-state index contributed by atoms with van der Waals surface area (Å²) in [6.45, 7) is 6.43. The van der Waals surface area contributed by atoms with E-state index in [0.717, 1.165) is 12.8 Å². The van der Waals surface area contributed by atoms with Gasteiger partial charge < -0.3 is 0 Å². The number of unbranched alkanes of at least 4 members (excludes halogenated alkanes) is 1. The Kier molecular flexibility index (Phi) is 4.88. The Bertz CT molecular complexity index is 225. The summed E-state index contributed by atoms with van der Waals surface area (Å²) in [5.41, 5.74) is 0.262. The van der Waals surface area contributed by atoms with Gasteiger partial charge >= 0.3 is 10.4 Å². The highest BCUT2D eigenvalue weighted by Gasteiger charge is 2.09. The largest absolute Gasteiger partial charge is 0.397 e. The van der Waals surface area contributed by atoms with Gasteiger partial charge in [-0.25, -0.2) is 4.18 Å². The summed E-state index contributed by atoms with van der Waals surface area (Å²) in [5, 5.41) is 0. The Morgan fingerprint density at radius 2 is 1.77 bits per heavy atom. The monoisotopic (exact) mass is 210 g/mol. The van der Waals surface area contributed by atoms with Crippen LogP contribution in [0.4, 0.5) is 0 Å². The average molecular weight is 210 g/mol. The molecule has 0 bridgehead atoms. The van der Waals surface area contributed by atoms with Gasteiger partial charge in [0.25, 0.3) is 0 Å². The van der Waals surface area contributed by atoms with Gasteiger partial charge in [0.05, 0.1) is 6.61 Å². The molecule has 0 rings (SSSR count). The molecule has 0 saturated heterocycles. The normalized spacial score (nSPS) is 13.2. The van der Waals surface area contributed by atoms with Crippen molar-refractivity contribution in [3.05, 3.63) is 0 Å². The first-order valence-corrected chi connectivity index (χ1v) is 5.69. The first-order chi connectivity index (χ1) is 5.71. The van der Waals surface area contributed by atoms with Crippen LogP contribution in [0.1, 0.15) is 40.0 Å². The summed E-state index contributed by atoms with van der Waals surface area (Å²) in [6.07, 6.45) is 2.57. The van der Waals surface area contributed by atoms with Crippen molar-refractivity contribution in [1.82, 2.24) is 0 Å². The van der Waals surface area contributed by atoms with Crippen LogP contribution in [0.3, 0.4) is 0 Å². The maximum atomic E-state index is 10.1. The van der Waals surface area contributed by atoms with Crippen molar-refractivity contribution in [1.29, 1.82) is 0 Å². The van der Waals surface area contributed by atoms with Crippen LogP contribution in [0, 0.1) is 5.41 Å². The van der Waals surface area contributed by atoms with E-state index in [1.54, 1.807) is 0 Å². The maximum Gasteiger partial charge on any atom is 0.397 e. The Morgan fingerprint density at radius 3 is 2.15 bits per heavy atom. The van der Waals surface area contributed by atoms with Crippen molar-refractivity contribution in [2.45, 2.75) is 40.0 Å². The lowest BCUT2D eigenvalue weighted by Gasteiger charge is -2.17. The van der Waals surface area contributed by atoms with Crippen LogP contribution in [0.25, 0.3) is 0 Å². The quantitative estimate of drug-likeness (QED) is 0.557. The summed E-state index contributed by atoms with van der Waals surface area (Å²) >= 11 is 0. The van der Waals surface area contributed by atoms with Gasteiger partial charge in [0.2, 0.25) is 0 Å². The van der Waals surface area contributed by atoms with Gasteiger partial charge in [0, 0.05) is 0 Å². The Hall–Kier alpha value is -0.130. The van der Waals surface area contributed by atoms with E-state index in [2.05, 4.69) is 25.0 Å². The van der Waals surface area contributed by atoms with Crippen molar-refractivity contribution in [3.63, 3.8) is 0 Å². The zero-order valence-corrected chi connectivity index (χ0v) is 9.23. The molecule has 1 N–H and O–H groups in total. The first-order valence-electron chi connectivity index (χ1n) is 4.32. The van der Waals surface area contributed by atoms with Crippen molar-refractivity contribution in [2.24, 2.45) is 5.41 Å². The van der Waals surface area contributed by atoms with Gasteiger partial charge in [-0.05, 0) is 18.3 Å². The number of rotatable bonds is 5. The molecule has 0 fully saturated rings. The molecule has 4 nitrogen and oxygen atoms in total. The third-order valence-electron chi connectivity index (χ3n) is 1.55. The van der Waals surface area contributed by atoms with Crippen LogP contribution >= 0.6 is 0 Å². The van der Waals surface area contributed by atoms with Crippen molar-refractivity contribution >= 4 is 10.4 Å². The van der Waals surface area contributed by atoms with Gasteiger partial charge in [-0.3, -0.25) is 4.55 Å². The summed E-state index contributed by atoms with van der Waals surface area (Å²) in [4.78, 5) is 0. The maximum absolute atomic E-state index is 10.1. The van der Waals surface area contributed by atoms with E-state index < -0.39 is 10.4 Å². The van der Waals surface area contributed by atoms with Crippen molar-refractivity contribution < 1.29 is 17.2 Å². The lowest BCUT2D eigenvalue weighted by Crippen LogP contribution is -2.07. The molecule has 0 aromatic rings. The van der Waals surface area contributed by atoms with Crippen LogP contribution < -0.4 is 0 Å². The zero-order chi connectivity index (χ0) is 10.5. The fraction of sp³-hybridized carbons (Fsp3) is 1.00. The highest BCUT2D eigenvalue weighted by Crippen LogP contribution is 2.21. The summed E-state index contributed by atoms with van der Waals surface area (Å²) in [7, 11) is -4.24. The topological polar surface area (TPSA) is 63.6 Å². The summed E-state index contributed by atoms with van der Waals surface area (Å²) in [5.74, 6) is 0. The van der Waals surface area contributed by atoms with Gasteiger partial charge in [-0.1, -0.05) is 27.2 Å². The molecule has 0 heterocycles. The molecule has 13 heavy (non-hydrogen) atoms. The molecule has 0 aromatic carbocycles. The second-order valence-corrected chi connectivity index (χ2v) is 5.36. The van der Waals surface area contributed by atoms with Crippen LogP contribution in [0.2, 0.25) is 0 Å². The second-order valence-electron chi connectivity index (χ2n) is 4.27. The van der Waals surface area contributed by atoms with Gasteiger partial charge in [0.15, 0.2) is 0 Å². The SMILES string of the molecule is CC(C)(C)CCCCOS(=O)(=O)O. The van der Waals surface area contributed by atoms with Crippen LogP contribution in [0.15, 0.2) is 0 Å². The predicted octanol–water partition coefficient (Wildman–Crippen LogP) is 2.02. The van der Waals surface area contributed by atoms with E-state index in [1.807, 2.05) is 0 Å². The predicted molar refractivity (Wildman–Crippen MR) is 50.8 cm³/mol. The fourth-order valence-corrected chi connectivity index (χ4v) is 1.25. The highest BCUT2D eigenvalue weighted by atomic mass is 32.3. The van der Waals surface area contributed by atoms with Crippen LogP contribution in [-0.2, 0) is 14.6 Å². The molecule has 0 aliphatic carbocycles. The standard InChI is InChI=1S/C8H18O4S/c1-8(2,3)6-4-5-7-12-13(9,10)11/h4-7H2,1-3H3,(H,9,10,11).